The van der Waals surface area contributed by atoms with Crippen LogP contribution in [0.5, 0.6) is 0 Å². The van der Waals surface area contributed by atoms with Gasteiger partial charge in [0.1, 0.15) is 0 Å². The van der Waals surface area contributed by atoms with Gasteiger partial charge in [-0.15, -0.1) is 0 Å². The maximum atomic E-state index is 12.5. The first kappa shape index (κ1) is 16.5. The van der Waals surface area contributed by atoms with Crippen molar-refractivity contribution in [1.29, 1.82) is 0 Å². The van der Waals surface area contributed by atoms with Gasteiger partial charge in [0.2, 0.25) is 0 Å². The van der Waals surface area contributed by atoms with Gasteiger partial charge in [-0.05, 0) is 31.0 Å². The molecular weight excluding hydrogens is 297 g/mol. The molecule has 1 aliphatic carbocycles. The second kappa shape index (κ2) is 5.12. The molecule has 1 saturated carbocycles. The van der Waals surface area contributed by atoms with Gasteiger partial charge in [-0.2, -0.15) is 13.2 Å². The van der Waals surface area contributed by atoms with Crippen molar-refractivity contribution in [3.05, 3.63) is 18.2 Å². The Labute approximate surface area is 124 Å². The Bertz CT molecular complexity index is 499. The topological polar surface area (TPSA) is 27.1 Å². The van der Waals surface area contributed by atoms with Crippen molar-refractivity contribution in [2.75, 3.05) is 0 Å². The second-order valence-electron chi connectivity index (χ2n) is 7.33. The third-order valence-electron chi connectivity index (χ3n) is 4.65. The van der Waals surface area contributed by atoms with E-state index in [1.807, 2.05) is 0 Å². The first-order chi connectivity index (χ1) is 9.40. The maximum Gasteiger partial charge on any atom is 0.434 e. The molecule has 0 atom stereocenters. The summed E-state index contributed by atoms with van der Waals surface area (Å²) < 4.78 is 45.4. The van der Waals surface area contributed by atoms with Crippen molar-refractivity contribution in [2.45, 2.75) is 70.1 Å². The number of hydrogen-bond donors (Lipinski definition) is 0. The molecule has 0 N–H and O–H groups in total. The van der Waals surface area contributed by atoms with Crippen LogP contribution in [-0.4, -0.2) is 24.0 Å². The van der Waals surface area contributed by atoms with E-state index in [0.717, 1.165) is 19.0 Å². The van der Waals surface area contributed by atoms with Crippen LogP contribution in [0, 0.1) is 0 Å². The SMILES string of the molecule is CC(C)(C)[Si](C)(C)OC1CC(n2cnc(C(F)(F)F)c2)C1. The van der Waals surface area contributed by atoms with E-state index in [1.54, 1.807) is 4.57 Å². The second-order valence-corrected chi connectivity index (χ2v) is 12.1. The normalized spacial score (nSPS) is 24.0. The zero-order valence-corrected chi connectivity index (χ0v) is 14.2. The van der Waals surface area contributed by atoms with Gasteiger partial charge in [0.25, 0.3) is 0 Å². The Morgan fingerprint density at radius 1 is 1.24 bits per heavy atom. The van der Waals surface area contributed by atoms with Crippen LogP contribution in [0.2, 0.25) is 18.1 Å². The number of aromatic nitrogens is 2. The minimum Gasteiger partial charge on any atom is -0.414 e. The molecule has 2 rings (SSSR count). The fourth-order valence-electron chi connectivity index (χ4n) is 2.15. The van der Waals surface area contributed by atoms with Gasteiger partial charge in [-0.25, -0.2) is 4.98 Å². The molecule has 0 saturated heterocycles. The Morgan fingerprint density at radius 2 is 1.81 bits per heavy atom. The zero-order chi connectivity index (χ0) is 16.1. The van der Waals surface area contributed by atoms with Crippen LogP contribution in [0.4, 0.5) is 13.2 Å². The summed E-state index contributed by atoms with van der Waals surface area (Å²) in [6, 6.07) is 0.0726. The molecule has 0 spiro atoms. The van der Waals surface area contributed by atoms with Gasteiger partial charge in [0, 0.05) is 18.3 Å². The van der Waals surface area contributed by atoms with Gasteiger partial charge >= 0.3 is 6.18 Å². The molecule has 0 aliphatic heterocycles. The van der Waals surface area contributed by atoms with Gasteiger partial charge in [-0.3, -0.25) is 0 Å². The number of alkyl halides is 3. The van der Waals surface area contributed by atoms with Crippen molar-refractivity contribution in [1.82, 2.24) is 9.55 Å². The molecule has 1 aromatic heterocycles. The summed E-state index contributed by atoms with van der Waals surface area (Å²) >= 11 is 0. The zero-order valence-electron chi connectivity index (χ0n) is 13.2. The Balaban J connectivity index is 1.91. The van der Waals surface area contributed by atoms with Gasteiger partial charge in [0.15, 0.2) is 14.0 Å². The highest BCUT2D eigenvalue weighted by atomic mass is 28.4. The fraction of sp³-hybridized carbons (Fsp3) is 0.786. The number of nitrogens with zero attached hydrogens (tertiary/aromatic N) is 2. The molecule has 1 aliphatic rings. The smallest absolute Gasteiger partial charge is 0.414 e. The first-order valence-corrected chi connectivity index (χ1v) is 10.1. The lowest BCUT2D eigenvalue weighted by atomic mass is 9.89. The summed E-state index contributed by atoms with van der Waals surface area (Å²) in [5, 5.41) is 0.149. The standard InChI is InChI=1S/C14H23F3N2OSi/c1-13(2,3)21(4,5)20-11-6-10(7-11)19-8-12(18-9-19)14(15,16)17/h8-11H,6-7H2,1-5H3. The van der Waals surface area contributed by atoms with Crippen LogP contribution in [-0.2, 0) is 10.6 Å². The number of rotatable bonds is 3. The van der Waals surface area contributed by atoms with E-state index in [-0.39, 0.29) is 17.2 Å². The van der Waals surface area contributed by atoms with Crippen molar-refractivity contribution >= 4 is 8.32 Å². The van der Waals surface area contributed by atoms with Crippen molar-refractivity contribution in [3.8, 4) is 0 Å². The lowest BCUT2D eigenvalue weighted by molar-refractivity contribution is -0.141. The molecule has 1 heterocycles. The predicted molar refractivity (Wildman–Crippen MR) is 77.6 cm³/mol. The molecule has 1 aromatic rings. The molecule has 0 aromatic carbocycles. The minimum absolute atomic E-state index is 0.0726. The van der Waals surface area contributed by atoms with E-state index < -0.39 is 20.2 Å². The summed E-state index contributed by atoms with van der Waals surface area (Å²) in [5.74, 6) is 0. The molecule has 0 unspecified atom stereocenters. The van der Waals surface area contributed by atoms with Crippen LogP contribution in [0.25, 0.3) is 0 Å². The molecule has 21 heavy (non-hydrogen) atoms. The molecule has 3 nitrogen and oxygen atoms in total. The summed E-state index contributed by atoms with van der Waals surface area (Å²) in [6.45, 7) is 10.9. The number of hydrogen-bond acceptors (Lipinski definition) is 2. The average Bonchev–Trinajstić information content (AvgIpc) is 2.69. The minimum atomic E-state index is -4.37. The van der Waals surface area contributed by atoms with Gasteiger partial charge < -0.3 is 8.99 Å². The lowest BCUT2D eigenvalue weighted by Crippen LogP contribution is -2.47. The summed E-state index contributed by atoms with van der Waals surface area (Å²) in [5.41, 5.74) is -0.823. The third-order valence-corrected chi connectivity index (χ3v) is 9.19. The van der Waals surface area contributed by atoms with E-state index in [9.17, 15) is 13.2 Å². The monoisotopic (exact) mass is 320 g/mol. The Morgan fingerprint density at radius 3 is 2.24 bits per heavy atom. The number of imidazole rings is 1. The highest BCUT2D eigenvalue weighted by molar-refractivity contribution is 6.74. The summed E-state index contributed by atoms with van der Waals surface area (Å²) in [4.78, 5) is 3.44. The summed E-state index contributed by atoms with van der Waals surface area (Å²) in [7, 11) is -1.80. The molecule has 0 radical (unpaired) electrons. The lowest BCUT2D eigenvalue weighted by Gasteiger charge is -2.45. The maximum absolute atomic E-state index is 12.5. The number of halogens is 3. The van der Waals surface area contributed by atoms with Crippen LogP contribution < -0.4 is 0 Å². The van der Waals surface area contributed by atoms with Crippen LogP contribution >= 0.6 is 0 Å². The molecule has 1 fully saturated rings. The van der Waals surface area contributed by atoms with Crippen molar-refractivity contribution < 1.29 is 17.6 Å². The van der Waals surface area contributed by atoms with Gasteiger partial charge in [0.05, 0.1) is 6.33 Å². The quantitative estimate of drug-likeness (QED) is 0.759. The third kappa shape index (κ3) is 3.51. The fourth-order valence-corrected chi connectivity index (χ4v) is 3.53. The summed E-state index contributed by atoms with van der Waals surface area (Å²) in [6.07, 6.45) is -0.317. The molecule has 120 valence electrons. The van der Waals surface area contributed by atoms with Crippen LogP contribution in [0.3, 0.4) is 0 Å². The molecule has 0 bridgehead atoms. The predicted octanol–water partition coefficient (Wildman–Crippen LogP) is 4.63. The highest BCUT2D eigenvalue weighted by Crippen LogP contribution is 2.43. The van der Waals surface area contributed by atoms with Crippen LogP contribution in [0.1, 0.15) is 45.3 Å². The van der Waals surface area contributed by atoms with E-state index in [0.29, 0.717) is 0 Å². The van der Waals surface area contributed by atoms with Crippen molar-refractivity contribution in [3.63, 3.8) is 0 Å². The van der Waals surface area contributed by atoms with E-state index in [1.165, 1.54) is 6.33 Å². The van der Waals surface area contributed by atoms with Crippen molar-refractivity contribution in [2.24, 2.45) is 0 Å². The Hall–Kier alpha value is -0.823. The van der Waals surface area contributed by atoms with E-state index in [2.05, 4.69) is 38.8 Å². The average molecular weight is 320 g/mol. The molecule has 7 heteroatoms. The van der Waals surface area contributed by atoms with E-state index >= 15 is 0 Å². The van der Waals surface area contributed by atoms with Gasteiger partial charge in [-0.1, -0.05) is 20.8 Å². The first-order valence-electron chi connectivity index (χ1n) is 7.18. The Kier molecular flexibility index (Phi) is 4.03. The highest BCUT2D eigenvalue weighted by Gasteiger charge is 2.43. The van der Waals surface area contributed by atoms with E-state index in [4.69, 9.17) is 4.43 Å². The molecule has 0 amide bonds. The largest absolute Gasteiger partial charge is 0.434 e. The molecular formula is C14H23F3N2OSi. The van der Waals surface area contributed by atoms with Crippen LogP contribution in [0.15, 0.2) is 12.5 Å².